The summed E-state index contributed by atoms with van der Waals surface area (Å²) in [5.74, 6) is 1.54. The van der Waals surface area contributed by atoms with Crippen molar-refractivity contribution in [2.75, 3.05) is 11.9 Å². The lowest BCUT2D eigenvalue weighted by Crippen LogP contribution is -2.03. The minimum atomic E-state index is 0.531. The minimum Gasteiger partial charge on any atom is -0.490 e. The molecule has 0 unspecified atom stereocenters. The van der Waals surface area contributed by atoms with Gasteiger partial charge >= 0.3 is 0 Å². The van der Waals surface area contributed by atoms with Gasteiger partial charge in [0.15, 0.2) is 16.6 Å². The normalized spacial score (nSPS) is 10.5. The summed E-state index contributed by atoms with van der Waals surface area (Å²) in [5.41, 5.74) is 3.53. The Hall–Kier alpha value is -2.53. The summed E-state index contributed by atoms with van der Waals surface area (Å²) in [4.78, 5) is 4.23. The van der Waals surface area contributed by atoms with E-state index in [-0.39, 0.29) is 0 Å². The van der Waals surface area contributed by atoms with Crippen molar-refractivity contribution in [3.63, 3.8) is 0 Å². The highest BCUT2D eigenvalue weighted by atomic mass is 32.1. The van der Waals surface area contributed by atoms with E-state index in [1.54, 1.807) is 17.5 Å². The molecule has 0 amide bonds. The van der Waals surface area contributed by atoms with Crippen LogP contribution in [0.15, 0.2) is 54.0 Å². The molecule has 0 aliphatic heterocycles. The molecule has 0 aliphatic carbocycles. The first-order valence-electron chi connectivity index (χ1n) is 8.32. The highest BCUT2D eigenvalue weighted by Gasteiger charge is 2.08. The molecule has 0 saturated carbocycles. The van der Waals surface area contributed by atoms with Gasteiger partial charge in [-0.15, -0.1) is 11.3 Å². The molecule has 25 heavy (non-hydrogen) atoms. The van der Waals surface area contributed by atoms with E-state index in [4.69, 9.17) is 9.47 Å². The molecule has 0 saturated heterocycles. The Kier molecular flexibility index (Phi) is 5.90. The van der Waals surface area contributed by atoms with Crippen LogP contribution in [0.2, 0.25) is 0 Å². The molecule has 0 fully saturated rings. The Morgan fingerprint density at radius 2 is 1.96 bits per heavy atom. The highest BCUT2D eigenvalue weighted by molar-refractivity contribution is 7.13. The number of rotatable bonds is 8. The largest absolute Gasteiger partial charge is 0.490 e. The number of benzene rings is 2. The quantitative estimate of drug-likeness (QED) is 0.615. The van der Waals surface area contributed by atoms with Gasteiger partial charge in [-0.2, -0.15) is 0 Å². The van der Waals surface area contributed by atoms with Crippen molar-refractivity contribution in [2.24, 2.45) is 0 Å². The zero-order valence-corrected chi connectivity index (χ0v) is 15.3. The number of ether oxygens (including phenoxy) is 2. The van der Waals surface area contributed by atoms with Crippen molar-refractivity contribution in [3.8, 4) is 11.5 Å². The van der Waals surface area contributed by atoms with Crippen molar-refractivity contribution in [1.29, 1.82) is 0 Å². The van der Waals surface area contributed by atoms with E-state index in [0.717, 1.165) is 22.2 Å². The average Bonchev–Trinajstić information content (AvgIpc) is 3.14. The molecule has 130 valence electrons. The van der Waals surface area contributed by atoms with E-state index >= 15 is 0 Å². The van der Waals surface area contributed by atoms with E-state index in [0.29, 0.717) is 19.8 Å². The van der Waals surface area contributed by atoms with Gasteiger partial charge in [0.25, 0.3) is 0 Å². The van der Waals surface area contributed by atoms with Crippen LogP contribution >= 0.6 is 11.3 Å². The van der Waals surface area contributed by atoms with Crippen LogP contribution in [0.25, 0.3) is 0 Å². The van der Waals surface area contributed by atoms with Crippen molar-refractivity contribution >= 4 is 16.5 Å². The van der Waals surface area contributed by atoms with Gasteiger partial charge in [0, 0.05) is 18.1 Å². The van der Waals surface area contributed by atoms with Crippen LogP contribution in [-0.4, -0.2) is 11.6 Å². The first-order chi connectivity index (χ1) is 12.3. The standard InChI is InChI=1S/C20H22N2O2S/c1-3-23-19-12-16(13-22-20-21-10-11-25-20)8-9-18(19)24-14-17-7-5-4-6-15(17)2/h4-12H,3,13-14H2,1-2H3,(H,21,22). The van der Waals surface area contributed by atoms with Crippen molar-refractivity contribution in [2.45, 2.75) is 27.0 Å². The van der Waals surface area contributed by atoms with Crippen molar-refractivity contribution < 1.29 is 9.47 Å². The predicted molar refractivity (Wildman–Crippen MR) is 103 cm³/mol. The van der Waals surface area contributed by atoms with Gasteiger partial charge in [0.05, 0.1) is 6.61 Å². The summed E-state index contributed by atoms with van der Waals surface area (Å²) < 4.78 is 11.8. The molecule has 1 N–H and O–H groups in total. The summed E-state index contributed by atoms with van der Waals surface area (Å²) in [6.07, 6.45) is 1.79. The Balaban J connectivity index is 1.69. The van der Waals surface area contributed by atoms with Gasteiger partial charge in [-0.1, -0.05) is 30.3 Å². The monoisotopic (exact) mass is 354 g/mol. The van der Waals surface area contributed by atoms with Crippen LogP contribution in [0, 0.1) is 6.92 Å². The molecule has 3 aromatic rings. The highest BCUT2D eigenvalue weighted by Crippen LogP contribution is 2.30. The van der Waals surface area contributed by atoms with Gasteiger partial charge in [-0.05, 0) is 42.7 Å². The first-order valence-corrected chi connectivity index (χ1v) is 9.20. The molecule has 2 aromatic carbocycles. The van der Waals surface area contributed by atoms with Crippen LogP contribution in [0.5, 0.6) is 11.5 Å². The summed E-state index contributed by atoms with van der Waals surface area (Å²) in [7, 11) is 0. The molecule has 0 bridgehead atoms. The molecular formula is C20H22N2O2S. The fourth-order valence-electron chi connectivity index (χ4n) is 2.47. The number of thiazole rings is 1. The van der Waals surface area contributed by atoms with Crippen molar-refractivity contribution in [3.05, 3.63) is 70.7 Å². The van der Waals surface area contributed by atoms with Crippen LogP contribution in [-0.2, 0) is 13.2 Å². The maximum Gasteiger partial charge on any atom is 0.182 e. The van der Waals surface area contributed by atoms with Gasteiger partial charge in [-0.25, -0.2) is 4.98 Å². The number of hydrogen-bond donors (Lipinski definition) is 1. The second kappa shape index (κ2) is 8.53. The third-order valence-electron chi connectivity index (χ3n) is 3.83. The van der Waals surface area contributed by atoms with Gasteiger partial charge in [-0.3, -0.25) is 0 Å². The molecule has 0 spiro atoms. The smallest absolute Gasteiger partial charge is 0.182 e. The fraction of sp³-hybridized carbons (Fsp3) is 0.250. The van der Waals surface area contributed by atoms with Gasteiger partial charge in [0.1, 0.15) is 6.61 Å². The topological polar surface area (TPSA) is 43.4 Å². The Bertz CT molecular complexity index is 803. The molecule has 1 heterocycles. The first kappa shape index (κ1) is 17.3. The van der Waals surface area contributed by atoms with Crippen LogP contribution in [0.3, 0.4) is 0 Å². The van der Waals surface area contributed by atoms with E-state index in [9.17, 15) is 0 Å². The number of nitrogens with one attached hydrogen (secondary N) is 1. The second-order valence-electron chi connectivity index (χ2n) is 5.62. The number of aryl methyl sites for hydroxylation is 1. The summed E-state index contributed by atoms with van der Waals surface area (Å²) in [5, 5.41) is 6.18. The van der Waals surface area contributed by atoms with E-state index < -0.39 is 0 Å². The second-order valence-corrected chi connectivity index (χ2v) is 6.51. The molecule has 0 radical (unpaired) electrons. The molecule has 0 atom stereocenters. The molecule has 5 heteroatoms. The van der Waals surface area contributed by atoms with Crippen LogP contribution < -0.4 is 14.8 Å². The summed E-state index contributed by atoms with van der Waals surface area (Å²) in [6.45, 7) is 5.90. The molecule has 0 aliphatic rings. The molecule has 3 rings (SSSR count). The number of hydrogen-bond acceptors (Lipinski definition) is 5. The van der Waals surface area contributed by atoms with Gasteiger partial charge < -0.3 is 14.8 Å². The predicted octanol–water partition coefficient (Wildman–Crippen LogP) is 5.04. The lowest BCUT2D eigenvalue weighted by Gasteiger charge is -2.14. The van der Waals surface area contributed by atoms with E-state index in [2.05, 4.69) is 35.4 Å². The number of aromatic nitrogens is 1. The maximum absolute atomic E-state index is 6.01. The SMILES string of the molecule is CCOc1cc(CNc2nccs2)ccc1OCc1ccccc1C. The Morgan fingerprint density at radius 3 is 2.72 bits per heavy atom. The maximum atomic E-state index is 6.01. The number of nitrogens with zero attached hydrogens (tertiary/aromatic N) is 1. The Morgan fingerprint density at radius 1 is 1.08 bits per heavy atom. The van der Waals surface area contributed by atoms with Crippen LogP contribution in [0.1, 0.15) is 23.6 Å². The molecular weight excluding hydrogens is 332 g/mol. The zero-order chi connectivity index (χ0) is 17.5. The molecule has 1 aromatic heterocycles. The van der Waals surface area contributed by atoms with E-state index in [1.165, 1.54) is 11.1 Å². The van der Waals surface area contributed by atoms with Gasteiger partial charge in [0.2, 0.25) is 0 Å². The third kappa shape index (κ3) is 4.73. The van der Waals surface area contributed by atoms with Crippen LogP contribution in [0.4, 0.5) is 5.13 Å². The fourth-order valence-corrected chi connectivity index (χ4v) is 2.99. The van der Waals surface area contributed by atoms with Crippen molar-refractivity contribution in [1.82, 2.24) is 4.98 Å². The minimum absolute atomic E-state index is 0.531. The molecule has 4 nitrogen and oxygen atoms in total. The lowest BCUT2D eigenvalue weighted by molar-refractivity contribution is 0.268. The summed E-state index contributed by atoms with van der Waals surface area (Å²) >= 11 is 1.59. The Labute approximate surface area is 152 Å². The number of anilines is 1. The lowest BCUT2D eigenvalue weighted by atomic mass is 10.1. The summed E-state index contributed by atoms with van der Waals surface area (Å²) in [6, 6.07) is 14.3. The van der Waals surface area contributed by atoms with E-state index in [1.807, 2.05) is 36.6 Å². The third-order valence-corrected chi connectivity index (χ3v) is 4.56. The average molecular weight is 354 g/mol. The zero-order valence-electron chi connectivity index (χ0n) is 14.5.